The van der Waals surface area contributed by atoms with Gasteiger partial charge >= 0.3 is 0 Å². The third-order valence-corrected chi connectivity index (χ3v) is 5.08. The van der Waals surface area contributed by atoms with Gasteiger partial charge in [-0.2, -0.15) is 0 Å². The smallest absolute Gasteiger partial charge is 0.173 e. The Balaban J connectivity index is 1.80. The Bertz CT molecular complexity index is 811. The van der Waals surface area contributed by atoms with Gasteiger partial charge < -0.3 is 0 Å². The Hall–Kier alpha value is -1.72. The van der Waals surface area contributed by atoms with Crippen molar-refractivity contribution >= 4 is 39.1 Å². The van der Waals surface area contributed by atoms with Crippen molar-refractivity contribution in [1.82, 2.24) is 9.97 Å². The number of thioether (sulfide) groups is 1. The summed E-state index contributed by atoms with van der Waals surface area (Å²) in [5.41, 5.74) is 2.93. The number of aryl methyl sites for hydroxylation is 2. The maximum Gasteiger partial charge on any atom is 0.173 e. The first-order valence-corrected chi connectivity index (χ1v) is 8.43. The number of Topliss-reactive ketones (excluding diaryl/α,β-unsaturated/α-hetero) is 1. The Morgan fingerprint density at radius 2 is 2.10 bits per heavy atom. The van der Waals surface area contributed by atoms with Gasteiger partial charge in [0.15, 0.2) is 5.78 Å². The average molecular weight is 314 g/mol. The molecule has 0 bridgehead atoms. The minimum Gasteiger partial charge on any atom is -0.293 e. The van der Waals surface area contributed by atoms with Crippen molar-refractivity contribution in [1.29, 1.82) is 0 Å². The van der Waals surface area contributed by atoms with Crippen LogP contribution in [0.25, 0.3) is 10.2 Å². The van der Waals surface area contributed by atoms with E-state index in [2.05, 4.69) is 9.97 Å². The van der Waals surface area contributed by atoms with Crippen LogP contribution in [0.4, 0.5) is 0 Å². The lowest BCUT2D eigenvalue weighted by molar-refractivity contribution is 0.102. The number of carbonyl (C=O) groups is 1. The minimum absolute atomic E-state index is 0.142. The molecule has 0 amide bonds. The Morgan fingerprint density at radius 1 is 1.24 bits per heavy atom. The van der Waals surface area contributed by atoms with Crippen molar-refractivity contribution in [3.63, 3.8) is 0 Å². The van der Waals surface area contributed by atoms with Gasteiger partial charge in [0, 0.05) is 10.9 Å². The normalized spacial score (nSPS) is 11.0. The molecule has 21 heavy (non-hydrogen) atoms. The lowest BCUT2D eigenvalue weighted by Gasteiger charge is -2.06. The van der Waals surface area contributed by atoms with Crippen molar-refractivity contribution < 1.29 is 4.79 Å². The Kier molecular flexibility index (Phi) is 4.03. The molecule has 0 spiro atoms. The molecule has 0 atom stereocenters. The van der Waals surface area contributed by atoms with E-state index in [1.54, 1.807) is 17.7 Å². The molecule has 0 N–H and O–H groups in total. The summed E-state index contributed by atoms with van der Waals surface area (Å²) in [7, 11) is 0. The first-order valence-electron chi connectivity index (χ1n) is 6.56. The number of fused-ring (bicyclic) bond motifs is 1. The summed E-state index contributed by atoms with van der Waals surface area (Å²) in [5.74, 6) is 0.537. The van der Waals surface area contributed by atoms with Crippen LogP contribution in [0.2, 0.25) is 0 Å². The molecule has 1 aromatic carbocycles. The number of hydrogen-bond acceptors (Lipinski definition) is 5. The number of ketones is 1. The minimum atomic E-state index is 0.142. The third kappa shape index (κ3) is 2.99. The number of aromatic nitrogens is 2. The van der Waals surface area contributed by atoms with Crippen LogP contribution in [-0.4, -0.2) is 21.5 Å². The molecule has 0 unspecified atom stereocenters. The standard InChI is InChI=1S/C16H14N2OS2/c1-10-3-4-11(2)13(7-10)14(19)8-21-16-12-5-6-20-15(12)17-9-18-16/h3-7,9H,8H2,1-2H3. The van der Waals surface area contributed by atoms with Gasteiger partial charge in [0.05, 0.1) is 5.75 Å². The van der Waals surface area contributed by atoms with E-state index in [-0.39, 0.29) is 5.78 Å². The molecule has 0 radical (unpaired) electrons. The van der Waals surface area contributed by atoms with Crippen LogP contribution in [0.5, 0.6) is 0 Å². The highest BCUT2D eigenvalue weighted by molar-refractivity contribution is 8.00. The van der Waals surface area contributed by atoms with Crippen molar-refractivity contribution in [2.45, 2.75) is 18.9 Å². The second kappa shape index (κ2) is 5.95. The van der Waals surface area contributed by atoms with Crippen LogP contribution in [-0.2, 0) is 0 Å². The maximum atomic E-state index is 12.4. The first kappa shape index (κ1) is 14.2. The molecule has 5 heteroatoms. The second-order valence-electron chi connectivity index (χ2n) is 4.85. The van der Waals surface area contributed by atoms with Crippen LogP contribution < -0.4 is 0 Å². The summed E-state index contributed by atoms with van der Waals surface area (Å²) in [6.45, 7) is 3.97. The largest absolute Gasteiger partial charge is 0.293 e. The van der Waals surface area contributed by atoms with Crippen LogP contribution >= 0.6 is 23.1 Å². The molecule has 0 aliphatic carbocycles. The summed E-state index contributed by atoms with van der Waals surface area (Å²) in [5, 5.41) is 3.90. The molecule has 106 valence electrons. The van der Waals surface area contributed by atoms with Gasteiger partial charge in [-0.3, -0.25) is 4.79 Å². The van der Waals surface area contributed by atoms with Crippen LogP contribution in [0, 0.1) is 13.8 Å². The van der Waals surface area contributed by atoms with Gasteiger partial charge in [0.25, 0.3) is 0 Å². The predicted molar refractivity (Wildman–Crippen MR) is 88.4 cm³/mol. The molecule has 2 heterocycles. The molecule has 0 fully saturated rings. The molecular weight excluding hydrogens is 300 g/mol. The van der Waals surface area contributed by atoms with Gasteiger partial charge in [0.1, 0.15) is 16.2 Å². The molecule has 0 saturated heterocycles. The van der Waals surface area contributed by atoms with Crippen LogP contribution in [0.1, 0.15) is 21.5 Å². The van der Waals surface area contributed by atoms with Crippen molar-refractivity contribution in [2.24, 2.45) is 0 Å². The fraction of sp³-hybridized carbons (Fsp3) is 0.188. The van der Waals surface area contributed by atoms with Crippen molar-refractivity contribution in [3.05, 3.63) is 52.7 Å². The van der Waals surface area contributed by atoms with E-state index >= 15 is 0 Å². The van der Waals surface area contributed by atoms with Crippen LogP contribution in [0.15, 0.2) is 41.0 Å². The average Bonchev–Trinajstić information content (AvgIpc) is 2.96. The fourth-order valence-electron chi connectivity index (χ4n) is 2.13. The number of hydrogen-bond donors (Lipinski definition) is 0. The van der Waals surface area contributed by atoms with Gasteiger partial charge in [-0.15, -0.1) is 11.3 Å². The second-order valence-corrected chi connectivity index (χ2v) is 6.71. The molecule has 3 aromatic rings. The van der Waals surface area contributed by atoms with Gasteiger partial charge in [-0.05, 0) is 36.9 Å². The quantitative estimate of drug-likeness (QED) is 0.409. The monoisotopic (exact) mass is 314 g/mol. The lowest BCUT2D eigenvalue weighted by atomic mass is 10.0. The molecule has 3 rings (SSSR count). The summed E-state index contributed by atoms with van der Waals surface area (Å²) in [6.07, 6.45) is 1.56. The Morgan fingerprint density at radius 3 is 2.95 bits per heavy atom. The maximum absolute atomic E-state index is 12.4. The summed E-state index contributed by atoms with van der Waals surface area (Å²) in [6, 6.07) is 7.98. The number of benzene rings is 1. The predicted octanol–water partition coefficient (Wildman–Crippen LogP) is 4.28. The van der Waals surface area contributed by atoms with Crippen molar-refractivity contribution in [3.8, 4) is 0 Å². The zero-order valence-electron chi connectivity index (χ0n) is 11.8. The Labute approximate surface area is 131 Å². The van der Waals surface area contributed by atoms with E-state index in [1.165, 1.54) is 11.8 Å². The molecule has 3 nitrogen and oxygen atoms in total. The van der Waals surface area contributed by atoms with E-state index in [9.17, 15) is 4.79 Å². The fourth-order valence-corrected chi connectivity index (χ4v) is 3.79. The van der Waals surface area contributed by atoms with Crippen LogP contribution in [0.3, 0.4) is 0 Å². The third-order valence-electron chi connectivity index (χ3n) is 3.26. The number of carbonyl (C=O) groups excluding carboxylic acids is 1. The van der Waals surface area contributed by atoms with E-state index in [1.807, 2.05) is 43.5 Å². The highest BCUT2D eigenvalue weighted by Gasteiger charge is 2.12. The van der Waals surface area contributed by atoms with E-state index in [0.29, 0.717) is 5.75 Å². The molecular formula is C16H14N2OS2. The zero-order chi connectivity index (χ0) is 14.8. The highest BCUT2D eigenvalue weighted by Crippen LogP contribution is 2.28. The first-order chi connectivity index (χ1) is 10.1. The van der Waals surface area contributed by atoms with Gasteiger partial charge in [-0.1, -0.05) is 29.5 Å². The van der Waals surface area contributed by atoms with E-state index in [0.717, 1.165) is 31.9 Å². The van der Waals surface area contributed by atoms with Crippen molar-refractivity contribution in [2.75, 3.05) is 5.75 Å². The number of thiophene rings is 1. The number of rotatable bonds is 4. The SMILES string of the molecule is Cc1ccc(C)c(C(=O)CSc2ncnc3sccc23)c1. The molecule has 0 aliphatic heterocycles. The van der Waals surface area contributed by atoms with E-state index < -0.39 is 0 Å². The summed E-state index contributed by atoms with van der Waals surface area (Å²) < 4.78 is 0. The molecule has 0 aliphatic rings. The summed E-state index contributed by atoms with van der Waals surface area (Å²) >= 11 is 3.07. The zero-order valence-corrected chi connectivity index (χ0v) is 13.4. The molecule has 0 saturated carbocycles. The summed E-state index contributed by atoms with van der Waals surface area (Å²) in [4.78, 5) is 21.9. The number of nitrogens with zero attached hydrogens (tertiary/aromatic N) is 2. The highest BCUT2D eigenvalue weighted by atomic mass is 32.2. The van der Waals surface area contributed by atoms with Gasteiger partial charge in [0.2, 0.25) is 0 Å². The molecule has 2 aromatic heterocycles. The lowest BCUT2D eigenvalue weighted by Crippen LogP contribution is -2.05. The van der Waals surface area contributed by atoms with Gasteiger partial charge in [-0.25, -0.2) is 9.97 Å². The topological polar surface area (TPSA) is 42.9 Å². The van der Waals surface area contributed by atoms with E-state index in [4.69, 9.17) is 0 Å².